The van der Waals surface area contributed by atoms with Gasteiger partial charge in [-0.1, -0.05) is 6.58 Å². The number of carbonyl (C=O) groups excluding carboxylic acids is 2. The number of likely N-dealkylation sites (tertiary alicyclic amines) is 1. The van der Waals surface area contributed by atoms with Crippen LogP contribution in [0.2, 0.25) is 0 Å². The van der Waals surface area contributed by atoms with Gasteiger partial charge in [-0.15, -0.1) is 0 Å². The lowest BCUT2D eigenvalue weighted by Gasteiger charge is -2.35. The number of aliphatic imine (C=N–C) groups is 2. The van der Waals surface area contributed by atoms with E-state index in [2.05, 4.69) is 26.9 Å². The van der Waals surface area contributed by atoms with Gasteiger partial charge in [0.25, 0.3) is 0 Å². The van der Waals surface area contributed by atoms with Crippen molar-refractivity contribution in [1.29, 1.82) is 0 Å². The van der Waals surface area contributed by atoms with E-state index in [1.807, 2.05) is 0 Å². The molecule has 0 saturated carbocycles. The van der Waals surface area contributed by atoms with E-state index in [0.717, 1.165) is 24.8 Å². The van der Waals surface area contributed by atoms with Crippen LogP contribution >= 0.6 is 0 Å². The maximum absolute atomic E-state index is 12.7. The van der Waals surface area contributed by atoms with Gasteiger partial charge in [0.1, 0.15) is 11.7 Å². The van der Waals surface area contributed by atoms with Crippen molar-refractivity contribution < 1.29 is 9.59 Å². The average Bonchev–Trinajstić information content (AvgIpc) is 2.67. The number of rotatable bonds is 3. The Morgan fingerprint density at radius 2 is 2.19 bits per heavy atom. The Morgan fingerprint density at radius 1 is 1.44 bits per heavy atom. The fourth-order valence-corrected chi connectivity index (χ4v) is 2.85. The summed E-state index contributed by atoms with van der Waals surface area (Å²) >= 11 is 0. The summed E-state index contributed by atoms with van der Waals surface area (Å²) in [5.74, 6) is -0.292. The number of amidine groups is 1. The summed E-state index contributed by atoms with van der Waals surface area (Å²) < 4.78 is 0. The molecule has 1 aliphatic heterocycles. The predicted octanol–water partition coefficient (Wildman–Crippen LogP) is 1.97. The Bertz CT molecular complexity index is 799. The molecule has 0 aromatic carbocycles. The van der Waals surface area contributed by atoms with Crippen molar-refractivity contribution in [2.75, 3.05) is 24.6 Å². The molecule has 8 heteroatoms. The second kappa shape index (κ2) is 9.07. The third-order valence-corrected chi connectivity index (χ3v) is 4.50. The number of nitrogen functional groups attached to an aromatic ring is 1. The third kappa shape index (κ3) is 5.22. The minimum absolute atomic E-state index is 0.253. The molecule has 2 rings (SSSR count). The van der Waals surface area contributed by atoms with Crippen LogP contribution in [0.1, 0.15) is 31.7 Å². The summed E-state index contributed by atoms with van der Waals surface area (Å²) in [7, 11) is 1.66. The lowest BCUT2D eigenvalue weighted by atomic mass is 9.96. The Kier molecular flexibility index (Phi) is 6.81. The van der Waals surface area contributed by atoms with E-state index in [9.17, 15) is 9.59 Å². The number of hydrogen-bond acceptors (Lipinski definition) is 5. The maximum atomic E-state index is 12.7. The molecule has 1 atom stereocenters. The number of piperidine rings is 1. The van der Waals surface area contributed by atoms with Gasteiger partial charge in [-0.25, -0.2) is 9.98 Å². The van der Waals surface area contributed by atoms with E-state index >= 15 is 0 Å². The van der Waals surface area contributed by atoms with Crippen LogP contribution in [-0.2, 0) is 9.59 Å². The van der Waals surface area contributed by atoms with Crippen molar-refractivity contribution in [3.05, 3.63) is 30.0 Å². The van der Waals surface area contributed by atoms with Gasteiger partial charge >= 0.3 is 11.8 Å². The number of carbonyl (C=O) groups is 2. The molecule has 1 aliphatic rings. The molecule has 0 bridgehead atoms. The van der Waals surface area contributed by atoms with Crippen molar-refractivity contribution in [3.63, 3.8) is 0 Å². The van der Waals surface area contributed by atoms with E-state index in [0.29, 0.717) is 29.5 Å². The van der Waals surface area contributed by atoms with E-state index in [1.165, 1.54) is 6.20 Å². The summed E-state index contributed by atoms with van der Waals surface area (Å²) in [6.45, 7) is 8.10. The van der Waals surface area contributed by atoms with E-state index in [4.69, 9.17) is 5.73 Å². The van der Waals surface area contributed by atoms with Gasteiger partial charge < -0.3 is 16.0 Å². The van der Waals surface area contributed by atoms with Crippen LogP contribution in [0.5, 0.6) is 0 Å². The van der Waals surface area contributed by atoms with Crippen molar-refractivity contribution in [3.8, 4) is 0 Å². The zero-order chi connectivity index (χ0) is 20.0. The standard InChI is InChI=1S/C19H26N6O2/c1-12-9-15(11-23-17(12)20)24-18(26)19(27)25-8-6-5-7-16(25)13(2)10-22-14(3)21-4/h9-11,16H,2,5-8H2,1,3-4H3,(H2,20,23)(H,24,26)/b21-14-,22-10-/t16-/m0/s1. The molecule has 2 heterocycles. The average molecular weight is 370 g/mol. The van der Waals surface area contributed by atoms with Crippen molar-refractivity contribution >= 4 is 35.4 Å². The zero-order valence-corrected chi connectivity index (χ0v) is 16.0. The summed E-state index contributed by atoms with van der Waals surface area (Å²) in [5, 5.41) is 2.60. The van der Waals surface area contributed by atoms with Crippen LogP contribution in [-0.4, -0.2) is 53.4 Å². The molecule has 0 radical (unpaired) electrons. The molecule has 3 N–H and O–H groups in total. The minimum atomic E-state index is -0.705. The van der Waals surface area contributed by atoms with Gasteiger partial charge in [-0.05, 0) is 50.3 Å². The van der Waals surface area contributed by atoms with Gasteiger partial charge in [-0.2, -0.15) is 0 Å². The SMILES string of the molecule is C=C(/C=N\C(C)=N/C)[C@@H]1CCCCN1C(=O)C(=O)Nc1cnc(N)c(C)c1. The number of aryl methyl sites for hydroxylation is 1. The van der Waals surface area contributed by atoms with Crippen molar-refractivity contribution in [2.45, 2.75) is 39.2 Å². The molecule has 2 amide bonds. The Balaban J connectivity index is 2.11. The Morgan fingerprint density at radius 3 is 2.85 bits per heavy atom. The molecule has 1 aromatic heterocycles. The number of amides is 2. The normalized spacial score (nSPS) is 17.8. The second-order valence-electron chi connectivity index (χ2n) is 6.49. The van der Waals surface area contributed by atoms with Crippen molar-refractivity contribution in [2.24, 2.45) is 9.98 Å². The first-order chi connectivity index (χ1) is 12.8. The summed E-state index contributed by atoms with van der Waals surface area (Å²) in [4.78, 5) is 38.9. The fraction of sp³-hybridized carbons (Fsp3) is 0.421. The first-order valence-corrected chi connectivity index (χ1v) is 8.83. The molecule has 0 aliphatic carbocycles. The number of nitrogens with zero attached hydrogens (tertiary/aromatic N) is 4. The molecule has 144 valence electrons. The number of hydrogen-bond donors (Lipinski definition) is 2. The smallest absolute Gasteiger partial charge is 0.313 e. The Labute approximate surface area is 159 Å². The van der Waals surface area contributed by atoms with Crippen LogP contribution in [0.25, 0.3) is 0 Å². The molecular weight excluding hydrogens is 344 g/mol. The third-order valence-electron chi connectivity index (χ3n) is 4.50. The molecular formula is C19H26N6O2. The topological polar surface area (TPSA) is 113 Å². The van der Waals surface area contributed by atoms with E-state index < -0.39 is 11.8 Å². The van der Waals surface area contributed by atoms with Crippen LogP contribution in [0, 0.1) is 6.92 Å². The fourth-order valence-electron chi connectivity index (χ4n) is 2.85. The van der Waals surface area contributed by atoms with Crippen LogP contribution < -0.4 is 11.1 Å². The highest BCUT2D eigenvalue weighted by Crippen LogP contribution is 2.22. The summed E-state index contributed by atoms with van der Waals surface area (Å²) in [6, 6.07) is 1.43. The minimum Gasteiger partial charge on any atom is -0.383 e. The van der Waals surface area contributed by atoms with Gasteiger partial charge in [0.15, 0.2) is 0 Å². The highest BCUT2D eigenvalue weighted by Gasteiger charge is 2.32. The number of nitrogens with one attached hydrogen (secondary N) is 1. The largest absolute Gasteiger partial charge is 0.383 e. The summed E-state index contributed by atoms with van der Waals surface area (Å²) in [6.07, 6.45) is 5.60. The van der Waals surface area contributed by atoms with Gasteiger partial charge in [0.05, 0.1) is 17.9 Å². The molecule has 27 heavy (non-hydrogen) atoms. The lowest BCUT2D eigenvalue weighted by molar-refractivity contribution is -0.145. The second-order valence-corrected chi connectivity index (χ2v) is 6.49. The summed E-state index contributed by atoms with van der Waals surface area (Å²) in [5.41, 5.74) is 7.53. The monoisotopic (exact) mass is 370 g/mol. The van der Waals surface area contributed by atoms with Crippen LogP contribution in [0.3, 0.4) is 0 Å². The van der Waals surface area contributed by atoms with Gasteiger partial charge in [0.2, 0.25) is 0 Å². The molecule has 8 nitrogen and oxygen atoms in total. The molecule has 0 spiro atoms. The first-order valence-electron chi connectivity index (χ1n) is 8.83. The molecule has 0 unspecified atom stereocenters. The zero-order valence-electron chi connectivity index (χ0n) is 16.0. The lowest BCUT2D eigenvalue weighted by Crippen LogP contribution is -2.49. The molecule has 1 aromatic rings. The Hall–Kier alpha value is -3.03. The number of anilines is 2. The van der Waals surface area contributed by atoms with E-state index in [-0.39, 0.29) is 6.04 Å². The highest BCUT2D eigenvalue weighted by atomic mass is 16.2. The number of aromatic nitrogens is 1. The van der Waals surface area contributed by atoms with Crippen LogP contribution in [0.15, 0.2) is 34.4 Å². The molecule has 1 fully saturated rings. The van der Waals surface area contributed by atoms with E-state index in [1.54, 1.807) is 38.1 Å². The number of pyridine rings is 1. The maximum Gasteiger partial charge on any atom is 0.313 e. The quantitative estimate of drug-likeness (QED) is 0.481. The van der Waals surface area contributed by atoms with Crippen LogP contribution in [0.4, 0.5) is 11.5 Å². The van der Waals surface area contributed by atoms with Gasteiger partial charge in [0, 0.05) is 19.8 Å². The first kappa shape index (κ1) is 20.3. The highest BCUT2D eigenvalue weighted by molar-refractivity contribution is 6.39. The van der Waals surface area contributed by atoms with Gasteiger partial charge in [-0.3, -0.25) is 14.6 Å². The van der Waals surface area contributed by atoms with Crippen molar-refractivity contribution in [1.82, 2.24) is 9.88 Å². The number of nitrogens with two attached hydrogens (primary N) is 1. The molecule has 1 saturated heterocycles. The predicted molar refractivity (Wildman–Crippen MR) is 108 cm³/mol.